The van der Waals surface area contributed by atoms with Gasteiger partial charge in [-0.3, -0.25) is 24.2 Å². The van der Waals surface area contributed by atoms with Crippen molar-refractivity contribution < 1.29 is 173 Å². The van der Waals surface area contributed by atoms with Crippen LogP contribution in [0.15, 0.2) is 65.5 Å². The number of H-pyrrole nitrogens is 1. The van der Waals surface area contributed by atoms with E-state index in [4.69, 9.17) is 19.5 Å². The van der Waals surface area contributed by atoms with Crippen LogP contribution in [0.25, 0.3) is 22.8 Å². The third-order valence-electron chi connectivity index (χ3n) is 7.68. The van der Waals surface area contributed by atoms with Crippen molar-refractivity contribution in [1.29, 1.82) is 0 Å². The first kappa shape index (κ1) is 52.3. The van der Waals surface area contributed by atoms with Gasteiger partial charge in [-0.25, -0.2) is 0 Å². The minimum absolute atomic E-state index is 0. The first-order valence-corrected chi connectivity index (χ1v) is 20.1. The number of amides is 2. The third kappa shape index (κ3) is 23.1. The van der Waals surface area contributed by atoms with Gasteiger partial charge in [0.15, 0.2) is 18.3 Å². The normalized spacial score (nSPS) is 14.3. The molecule has 0 radical (unpaired) electrons. The number of alkyl halides is 1. The topological polar surface area (TPSA) is 198 Å². The Labute approximate surface area is 456 Å². The predicted molar refractivity (Wildman–Crippen MR) is 207 cm³/mol. The number of rotatable bonds is 9. The zero-order valence-electron chi connectivity index (χ0n) is 31.7. The van der Waals surface area contributed by atoms with Crippen molar-refractivity contribution in [1.82, 2.24) is 29.3 Å². The summed E-state index contributed by atoms with van der Waals surface area (Å²) >= 11 is 4.19. The number of carbonyl (C=O) groups is 3. The summed E-state index contributed by atoms with van der Waals surface area (Å²) in [5, 5.41) is 14.8. The van der Waals surface area contributed by atoms with Crippen molar-refractivity contribution in [2.75, 3.05) is 24.2 Å². The largest absolute Gasteiger partial charge is 1.00 e. The standard InChI is InChI=1S/C15H17N3O2S.C8H6N2OS.C7H12INO.C4H8O.CH2O3.2Cs.H/c19-13(16-12-8-4-5-9-12)10-20-15-17-14(18-21-15)11-6-2-1-3-7-11;11-8-9-7(10-12-8)6-4-2-1-3-5-6;8-5-7(10)9-6-3-1-2-4-6;1-2-4-5-3-1;2-1-4-3;;;/h1-3,6-7,12H,4-5,8-10H2,(H,16,19);1-5H,(H,9,10,11);6H,1-5H2,(H,9,10);1-4H2;1,3H;;;/q;;;;;2*+1;-1/p-1. The van der Waals surface area contributed by atoms with Gasteiger partial charge in [-0.2, -0.15) is 13.7 Å². The van der Waals surface area contributed by atoms with E-state index in [0.29, 0.717) is 33.4 Å². The Hall–Kier alpha value is 0.324. The zero-order chi connectivity index (χ0) is 37.2. The molecule has 0 atom stereocenters. The van der Waals surface area contributed by atoms with E-state index >= 15 is 0 Å². The van der Waals surface area contributed by atoms with Crippen LogP contribution in [0.4, 0.5) is 0 Å². The van der Waals surface area contributed by atoms with Crippen LogP contribution in [0.1, 0.15) is 65.6 Å². The maximum Gasteiger partial charge on any atom is 1.00 e. The summed E-state index contributed by atoms with van der Waals surface area (Å²) in [7, 11) is 0. The van der Waals surface area contributed by atoms with Crippen LogP contribution >= 0.6 is 45.7 Å². The fraction of sp³-hybridized carbons (Fsp3) is 0.457. The van der Waals surface area contributed by atoms with Crippen molar-refractivity contribution in [3.63, 3.8) is 0 Å². The molecule has 4 aromatic rings. The van der Waals surface area contributed by atoms with Crippen LogP contribution in [-0.4, -0.2) is 73.3 Å². The van der Waals surface area contributed by atoms with Gasteiger partial charge in [0, 0.05) is 59.5 Å². The van der Waals surface area contributed by atoms with Crippen LogP contribution in [0, 0.1) is 0 Å². The van der Waals surface area contributed by atoms with Crippen LogP contribution in [-0.2, 0) is 24.0 Å². The van der Waals surface area contributed by atoms with E-state index in [2.05, 4.69) is 56.8 Å². The summed E-state index contributed by atoms with van der Waals surface area (Å²) in [5.74, 6) is 1.38. The molecule has 54 heavy (non-hydrogen) atoms. The zero-order valence-corrected chi connectivity index (χ0v) is 47.1. The van der Waals surface area contributed by atoms with Crippen molar-refractivity contribution in [2.45, 2.75) is 76.3 Å². The molecule has 14 nitrogen and oxygen atoms in total. The van der Waals surface area contributed by atoms with E-state index in [9.17, 15) is 14.4 Å². The molecule has 19 heteroatoms. The van der Waals surface area contributed by atoms with Gasteiger partial charge in [0.2, 0.25) is 5.91 Å². The number of aromatic nitrogens is 4. The number of halogens is 1. The van der Waals surface area contributed by atoms with Gasteiger partial charge in [-0.05, 0) is 38.5 Å². The molecule has 0 bridgehead atoms. The second-order valence-electron chi connectivity index (χ2n) is 11.6. The number of hydrogen-bond acceptors (Lipinski definition) is 13. The Morgan fingerprint density at radius 1 is 0.852 bits per heavy atom. The molecular weight excluding hydrogens is 1090 g/mol. The molecule has 3 aliphatic rings. The summed E-state index contributed by atoms with van der Waals surface area (Å²) in [5.41, 5.74) is 1.88. The molecule has 284 valence electrons. The summed E-state index contributed by atoms with van der Waals surface area (Å²) < 4.78 is 19.2. The predicted octanol–water partition coefficient (Wildman–Crippen LogP) is -1.03. The minimum atomic E-state index is -0.181. The molecule has 0 spiro atoms. The van der Waals surface area contributed by atoms with Gasteiger partial charge in [-0.15, -0.1) is 0 Å². The summed E-state index contributed by atoms with van der Waals surface area (Å²) in [4.78, 5) is 51.4. The van der Waals surface area contributed by atoms with Gasteiger partial charge in [0.1, 0.15) is 0 Å². The molecule has 1 saturated heterocycles. The van der Waals surface area contributed by atoms with Gasteiger partial charge in [0.25, 0.3) is 17.6 Å². The first-order valence-electron chi connectivity index (χ1n) is 17.0. The fourth-order valence-electron chi connectivity index (χ4n) is 5.24. The number of nitrogens with one attached hydrogen (secondary N) is 3. The third-order valence-corrected chi connectivity index (χ3v) is 9.55. The molecule has 2 amide bonds. The Morgan fingerprint density at radius 3 is 1.81 bits per heavy atom. The average molecular weight is 1130 g/mol. The Bertz CT molecular complexity index is 1620. The van der Waals surface area contributed by atoms with E-state index in [0.717, 1.165) is 48.7 Å². The Balaban J connectivity index is 0.000000734. The molecule has 3 fully saturated rings. The van der Waals surface area contributed by atoms with Crippen molar-refractivity contribution in [2.24, 2.45) is 0 Å². The molecule has 0 unspecified atom stereocenters. The molecule has 2 saturated carbocycles. The molecule has 7 rings (SSSR count). The van der Waals surface area contributed by atoms with E-state index < -0.39 is 0 Å². The van der Waals surface area contributed by atoms with Crippen molar-refractivity contribution >= 4 is 63.9 Å². The minimum Gasteiger partial charge on any atom is -1.00 e. The molecular formula is C35H45Cs2IN6O8S2. The molecule has 2 aliphatic carbocycles. The number of carbonyl (C=O) groups excluding carboxylic acids is 3. The van der Waals surface area contributed by atoms with Gasteiger partial charge in [-0.1, -0.05) is 109 Å². The van der Waals surface area contributed by atoms with Crippen LogP contribution in [0.3, 0.4) is 0 Å². The summed E-state index contributed by atoms with van der Waals surface area (Å²) in [6, 6.07) is 20.1. The van der Waals surface area contributed by atoms with E-state index in [-0.39, 0.29) is 169 Å². The van der Waals surface area contributed by atoms with Crippen molar-refractivity contribution in [3.8, 4) is 28.0 Å². The van der Waals surface area contributed by atoms with Crippen molar-refractivity contribution in [3.05, 3.63) is 70.3 Å². The molecule has 3 heterocycles. The van der Waals surface area contributed by atoms with Crippen LogP contribution < -0.4 is 163 Å². The second kappa shape index (κ2) is 33.2. The molecule has 2 aromatic heterocycles. The smallest absolute Gasteiger partial charge is 1.00 e. The first-order chi connectivity index (χ1) is 25.4. The second-order valence-corrected chi connectivity index (χ2v) is 13.8. The number of hydrogen-bond donors (Lipinski definition) is 3. The van der Waals surface area contributed by atoms with Gasteiger partial charge >= 0.3 is 143 Å². The fourth-order valence-corrected chi connectivity index (χ4v) is 6.47. The summed E-state index contributed by atoms with van der Waals surface area (Å²) in [6.45, 7) is 1.82. The molecule has 2 aromatic carbocycles. The quantitative estimate of drug-likeness (QED) is 0.0610. The Kier molecular flexibility index (Phi) is 32.2. The maximum atomic E-state index is 11.8. The SMILES string of the molecule is C1CCOC1.O=C(CI)NC1CCCC1.O=C(COc1nc(-c2ccccc2)ns1)NC1CCCC1.O=CO[O-].O=c1[nH]c(-c2ccccc2)ns1.[Cs+].[Cs+].[H-]. The van der Waals surface area contributed by atoms with Crippen LogP contribution in [0.5, 0.6) is 5.19 Å². The maximum absolute atomic E-state index is 11.8. The van der Waals surface area contributed by atoms with E-state index in [1.54, 1.807) is 0 Å². The number of aromatic amines is 1. The van der Waals surface area contributed by atoms with E-state index in [1.807, 2.05) is 60.7 Å². The number of ether oxygens (including phenoxy) is 2. The Morgan fingerprint density at radius 2 is 1.37 bits per heavy atom. The van der Waals surface area contributed by atoms with Crippen LogP contribution in [0.2, 0.25) is 0 Å². The molecule has 1 aliphatic heterocycles. The van der Waals surface area contributed by atoms with Gasteiger partial charge in [0.05, 0.1) is 4.43 Å². The molecule has 3 N–H and O–H groups in total. The van der Waals surface area contributed by atoms with E-state index in [1.165, 1.54) is 62.9 Å². The number of nitrogens with zero attached hydrogens (tertiary/aromatic N) is 3. The monoisotopic (exact) mass is 1130 g/mol. The van der Waals surface area contributed by atoms with Gasteiger partial charge < -0.3 is 31.7 Å². The number of benzene rings is 2. The average Bonchev–Trinajstić information content (AvgIpc) is 4.04. The summed E-state index contributed by atoms with van der Waals surface area (Å²) in [6.07, 6.45) is 12.0.